The van der Waals surface area contributed by atoms with Crippen LogP contribution in [0.1, 0.15) is 12.8 Å². The highest BCUT2D eigenvalue weighted by molar-refractivity contribution is 5.81. The molecule has 2 N–H and O–H groups in total. The molecule has 1 aromatic carbocycles. The van der Waals surface area contributed by atoms with Crippen molar-refractivity contribution in [1.82, 2.24) is 9.55 Å². The van der Waals surface area contributed by atoms with E-state index in [1.54, 1.807) is 10.8 Å². The highest BCUT2D eigenvalue weighted by Gasteiger charge is 2.16. The van der Waals surface area contributed by atoms with Crippen molar-refractivity contribution < 1.29 is 0 Å². The van der Waals surface area contributed by atoms with Crippen LogP contribution in [-0.2, 0) is 0 Å². The number of hydrogen-bond acceptors (Lipinski definition) is 3. The second kappa shape index (κ2) is 3.82. The minimum atomic E-state index is -0.232. The van der Waals surface area contributed by atoms with Crippen molar-refractivity contribution in [3.63, 3.8) is 0 Å². The normalized spacial score (nSPS) is 19.6. The van der Waals surface area contributed by atoms with Crippen LogP contribution in [-0.4, -0.2) is 15.6 Å². The van der Waals surface area contributed by atoms with E-state index in [1.807, 2.05) is 30.3 Å². The predicted molar refractivity (Wildman–Crippen MR) is 67.5 cm³/mol. The van der Waals surface area contributed by atoms with E-state index in [2.05, 4.69) is 4.98 Å². The lowest BCUT2D eigenvalue weighted by atomic mass is 10.2. The topological polar surface area (TPSA) is 60.9 Å². The molecule has 1 heterocycles. The van der Waals surface area contributed by atoms with Crippen LogP contribution in [0.2, 0.25) is 0 Å². The smallest absolute Gasteiger partial charge is 0.324 e. The van der Waals surface area contributed by atoms with E-state index in [0.29, 0.717) is 0 Å². The van der Waals surface area contributed by atoms with Gasteiger partial charge in [0.05, 0.1) is 5.52 Å². The first-order valence-electron chi connectivity index (χ1n) is 5.69. The third kappa shape index (κ3) is 1.66. The summed E-state index contributed by atoms with van der Waals surface area (Å²) in [5, 5.41) is 0.966. The molecular formula is C13H13N3O. The second-order valence-electron chi connectivity index (χ2n) is 4.30. The van der Waals surface area contributed by atoms with Gasteiger partial charge in [-0.15, -0.1) is 0 Å². The van der Waals surface area contributed by atoms with Gasteiger partial charge in [0, 0.05) is 23.3 Å². The summed E-state index contributed by atoms with van der Waals surface area (Å²) in [6.45, 7) is 0. The minimum absolute atomic E-state index is 0.0517. The molecule has 0 radical (unpaired) electrons. The maximum atomic E-state index is 11.9. The van der Waals surface area contributed by atoms with Crippen molar-refractivity contribution in [1.29, 1.82) is 0 Å². The van der Waals surface area contributed by atoms with Crippen LogP contribution in [0.5, 0.6) is 0 Å². The van der Waals surface area contributed by atoms with Gasteiger partial charge in [0.2, 0.25) is 0 Å². The summed E-state index contributed by atoms with van der Waals surface area (Å²) in [5.41, 5.74) is 7.47. The number of benzene rings is 1. The molecule has 17 heavy (non-hydrogen) atoms. The van der Waals surface area contributed by atoms with Crippen molar-refractivity contribution >= 4 is 16.6 Å². The van der Waals surface area contributed by atoms with Gasteiger partial charge in [0.25, 0.3) is 0 Å². The molecule has 1 aliphatic rings. The van der Waals surface area contributed by atoms with Gasteiger partial charge in [-0.05, 0) is 25.0 Å². The first-order valence-corrected chi connectivity index (χ1v) is 5.69. The average molecular weight is 227 g/mol. The summed E-state index contributed by atoms with van der Waals surface area (Å²) < 4.78 is 1.67. The molecule has 0 bridgehead atoms. The monoisotopic (exact) mass is 227 g/mol. The molecule has 0 aliphatic heterocycles. The van der Waals surface area contributed by atoms with Gasteiger partial charge >= 0.3 is 5.69 Å². The van der Waals surface area contributed by atoms with Gasteiger partial charge in [-0.3, -0.25) is 4.57 Å². The Morgan fingerprint density at radius 2 is 2.18 bits per heavy atom. The van der Waals surface area contributed by atoms with Crippen molar-refractivity contribution in [2.24, 2.45) is 5.73 Å². The Hall–Kier alpha value is -1.94. The van der Waals surface area contributed by atoms with Gasteiger partial charge in [0.1, 0.15) is 0 Å². The molecule has 0 spiro atoms. The summed E-state index contributed by atoms with van der Waals surface area (Å²) in [6.07, 6.45) is 5.29. The molecular weight excluding hydrogens is 214 g/mol. The molecule has 0 amide bonds. The Labute approximate surface area is 98.4 Å². The number of para-hydroxylation sites is 1. The molecule has 2 aromatic rings. The number of fused-ring (bicyclic) bond motifs is 1. The number of hydrogen-bond donors (Lipinski definition) is 1. The van der Waals surface area contributed by atoms with Crippen LogP contribution < -0.4 is 11.4 Å². The fourth-order valence-electron chi connectivity index (χ4n) is 2.28. The zero-order valence-electron chi connectivity index (χ0n) is 9.34. The van der Waals surface area contributed by atoms with Gasteiger partial charge in [0.15, 0.2) is 0 Å². The fraction of sp³-hybridized carbons (Fsp3) is 0.231. The third-order valence-corrected chi connectivity index (χ3v) is 3.11. The molecule has 0 fully saturated rings. The van der Waals surface area contributed by atoms with Gasteiger partial charge in [-0.25, -0.2) is 9.78 Å². The van der Waals surface area contributed by atoms with Gasteiger partial charge in [-0.2, -0.15) is 0 Å². The Morgan fingerprint density at radius 1 is 1.35 bits per heavy atom. The molecule has 3 rings (SSSR count). The van der Waals surface area contributed by atoms with Crippen LogP contribution in [0, 0.1) is 0 Å². The minimum Gasteiger partial charge on any atom is -0.324 e. The van der Waals surface area contributed by atoms with E-state index in [4.69, 9.17) is 5.73 Å². The SMILES string of the molecule is NC1C=C(n2c(=O)ncc3ccccc32)CC1. The van der Waals surface area contributed by atoms with Gasteiger partial charge in [-0.1, -0.05) is 18.2 Å². The lowest BCUT2D eigenvalue weighted by Crippen LogP contribution is -2.21. The van der Waals surface area contributed by atoms with Crippen molar-refractivity contribution in [2.75, 3.05) is 0 Å². The van der Waals surface area contributed by atoms with E-state index in [1.165, 1.54) is 0 Å². The summed E-state index contributed by atoms with van der Waals surface area (Å²) in [4.78, 5) is 15.8. The van der Waals surface area contributed by atoms with Crippen molar-refractivity contribution in [3.8, 4) is 0 Å². The van der Waals surface area contributed by atoms with E-state index in [9.17, 15) is 4.79 Å². The second-order valence-corrected chi connectivity index (χ2v) is 4.30. The fourth-order valence-corrected chi connectivity index (χ4v) is 2.28. The summed E-state index contributed by atoms with van der Waals surface area (Å²) in [7, 11) is 0. The van der Waals surface area contributed by atoms with E-state index < -0.39 is 0 Å². The van der Waals surface area contributed by atoms with Crippen molar-refractivity contribution in [3.05, 3.63) is 47.0 Å². The number of aromatic nitrogens is 2. The van der Waals surface area contributed by atoms with Crippen LogP contribution in [0.4, 0.5) is 0 Å². The average Bonchev–Trinajstić information content (AvgIpc) is 2.75. The molecule has 4 nitrogen and oxygen atoms in total. The summed E-state index contributed by atoms with van der Waals surface area (Å²) in [5.74, 6) is 0. The molecule has 1 aromatic heterocycles. The third-order valence-electron chi connectivity index (χ3n) is 3.11. The Balaban J connectivity index is 2.31. The van der Waals surface area contributed by atoms with Crippen LogP contribution in [0.15, 0.2) is 41.3 Å². The highest BCUT2D eigenvalue weighted by atomic mass is 16.1. The largest absolute Gasteiger partial charge is 0.352 e. The highest BCUT2D eigenvalue weighted by Crippen LogP contribution is 2.23. The summed E-state index contributed by atoms with van der Waals surface area (Å²) in [6, 6.07) is 7.80. The number of nitrogens with two attached hydrogens (primary N) is 1. The quantitative estimate of drug-likeness (QED) is 0.800. The number of nitrogens with zero attached hydrogens (tertiary/aromatic N) is 2. The zero-order chi connectivity index (χ0) is 11.8. The first-order chi connectivity index (χ1) is 8.25. The maximum Gasteiger partial charge on any atom is 0.352 e. The number of allylic oxidation sites excluding steroid dienone is 1. The van der Waals surface area contributed by atoms with Crippen LogP contribution in [0.25, 0.3) is 16.6 Å². The van der Waals surface area contributed by atoms with E-state index in [-0.39, 0.29) is 11.7 Å². The standard InChI is InChI=1S/C13H13N3O/c14-10-5-6-11(7-10)16-12-4-2-1-3-9(12)8-15-13(16)17/h1-4,7-8,10H,5-6,14H2. The zero-order valence-corrected chi connectivity index (χ0v) is 9.34. The van der Waals surface area contributed by atoms with E-state index in [0.717, 1.165) is 29.4 Å². The lowest BCUT2D eigenvalue weighted by Gasteiger charge is -2.09. The molecule has 0 saturated carbocycles. The first kappa shape index (κ1) is 10.2. The Kier molecular flexibility index (Phi) is 2.30. The lowest BCUT2D eigenvalue weighted by molar-refractivity contribution is 0.775. The maximum absolute atomic E-state index is 11.9. The Morgan fingerprint density at radius 3 is 2.94 bits per heavy atom. The van der Waals surface area contributed by atoms with Crippen molar-refractivity contribution in [2.45, 2.75) is 18.9 Å². The van der Waals surface area contributed by atoms with Crippen LogP contribution in [0.3, 0.4) is 0 Å². The summed E-state index contributed by atoms with van der Waals surface area (Å²) >= 11 is 0. The molecule has 0 saturated heterocycles. The molecule has 86 valence electrons. The Bertz CT molecular complexity index is 657. The van der Waals surface area contributed by atoms with Gasteiger partial charge < -0.3 is 5.73 Å². The number of rotatable bonds is 1. The predicted octanol–water partition coefficient (Wildman–Crippen LogP) is 1.36. The van der Waals surface area contributed by atoms with E-state index >= 15 is 0 Å². The molecule has 1 atom stereocenters. The molecule has 1 unspecified atom stereocenters. The molecule has 4 heteroatoms. The molecule has 1 aliphatic carbocycles. The van der Waals surface area contributed by atoms with Crippen LogP contribution >= 0.6 is 0 Å².